The van der Waals surface area contributed by atoms with Gasteiger partial charge >= 0.3 is 0 Å². The second-order valence-corrected chi connectivity index (χ2v) is 11.8. The van der Waals surface area contributed by atoms with Crippen LogP contribution in [0.1, 0.15) is 28.8 Å². The third kappa shape index (κ3) is 4.20. The summed E-state index contributed by atoms with van der Waals surface area (Å²) in [6.45, 7) is 0.786. The summed E-state index contributed by atoms with van der Waals surface area (Å²) >= 11 is 0. The fourth-order valence-electron chi connectivity index (χ4n) is 6.89. The Labute approximate surface area is 243 Å². The summed E-state index contributed by atoms with van der Waals surface area (Å²) in [4.78, 5) is 42.9. The van der Waals surface area contributed by atoms with Crippen molar-refractivity contribution in [3.63, 3.8) is 0 Å². The Hall–Kier alpha value is -4.13. The number of rotatable bonds is 7. The number of carbonyl (C=O) groups excluding carboxylic acids is 3. The van der Waals surface area contributed by atoms with Crippen LogP contribution >= 0.6 is 0 Å². The predicted molar refractivity (Wildman–Crippen MR) is 155 cm³/mol. The number of fused-ring (bicyclic) bond motifs is 3. The standard InChI is InChI=1S/C30H37N5O7/c1-33(2)19-11-15(12-32-13-16-7-6-8-35(16)5)24(36)21-17(19)9-14-10-18-23(34(3)4)26(38)22(29(31)41)28(40)30(18,42)27(39)20(14)25(21)37/h6-8,11,14,18,23,32,36-37,40,42H,9-10,12-13H2,1-5H3,(H2,31,41)/t14-,18-,23-,30-/m1/s1. The Bertz CT molecular complexity index is 1570. The van der Waals surface area contributed by atoms with E-state index in [2.05, 4.69) is 5.32 Å². The number of Topliss-reactive ketones (excluding diaryl/α,β-unsaturated/α-hetero) is 2. The van der Waals surface area contributed by atoms with Gasteiger partial charge in [-0.1, -0.05) is 0 Å². The van der Waals surface area contributed by atoms with Crippen molar-refractivity contribution < 1.29 is 34.8 Å². The number of nitrogens with zero attached hydrogens (tertiary/aromatic N) is 3. The molecule has 42 heavy (non-hydrogen) atoms. The predicted octanol–water partition coefficient (Wildman–Crippen LogP) is 0.658. The first-order chi connectivity index (χ1) is 19.7. The van der Waals surface area contributed by atoms with Crippen LogP contribution in [0.15, 0.2) is 41.3 Å². The van der Waals surface area contributed by atoms with Crippen LogP contribution in [0.5, 0.6) is 5.75 Å². The van der Waals surface area contributed by atoms with Crippen molar-refractivity contribution in [1.29, 1.82) is 0 Å². The monoisotopic (exact) mass is 579 g/mol. The minimum absolute atomic E-state index is 0.0410. The summed E-state index contributed by atoms with van der Waals surface area (Å²) in [6, 6.07) is 4.62. The highest BCUT2D eigenvalue weighted by atomic mass is 16.3. The topological polar surface area (TPSA) is 182 Å². The van der Waals surface area contributed by atoms with E-state index in [0.717, 1.165) is 11.4 Å². The van der Waals surface area contributed by atoms with Crippen molar-refractivity contribution in [2.75, 3.05) is 33.1 Å². The Balaban J connectivity index is 1.63. The molecule has 0 unspecified atom stereocenters. The van der Waals surface area contributed by atoms with E-state index < -0.39 is 58.0 Å². The number of benzene rings is 1. The quantitative estimate of drug-likeness (QED) is 0.255. The Morgan fingerprint density at radius 3 is 2.43 bits per heavy atom. The molecule has 3 aliphatic carbocycles. The Morgan fingerprint density at radius 2 is 1.86 bits per heavy atom. The number of likely N-dealkylation sites (N-methyl/N-ethyl adjacent to an activating group) is 1. The maximum absolute atomic E-state index is 14.1. The summed E-state index contributed by atoms with van der Waals surface area (Å²) in [5, 5.41) is 49.2. The molecule has 1 saturated carbocycles. The molecule has 1 aromatic carbocycles. The summed E-state index contributed by atoms with van der Waals surface area (Å²) in [5.74, 6) is -6.63. The number of hydrogen-bond acceptors (Lipinski definition) is 10. The zero-order valence-corrected chi connectivity index (χ0v) is 24.3. The minimum atomic E-state index is -2.67. The van der Waals surface area contributed by atoms with E-state index in [1.807, 2.05) is 55.0 Å². The lowest BCUT2D eigenvalue weighted by molar-refractivity contribution is -0.153. The molecule has 0 bridgehead atoms. The minimum Gasteiger partial charge on any atom is -0.508 e. The van der Waals surface area contributed by atoms with E-state index in [0.29, 0.717) is 17.7 Å². The highest BCUT2D eigenvalue weighted by molar-refractivity contribution is 6.24. The van der Waals surface area contributed by atoms with Crippen molar-refractivity contribution >= 4 is 28.9 Å². The number of aromatic nitrogens is 1. The molecule has 1 fully saturated rings. The van der Waals surface area contributed by atoms with Crippen LogP contribution in [0.4, 0.5) is 5.69 Å². The lowest BCUT2D eigenvalue weighted by Gasteiger charge is -2.50. The van der Waals surface area contributed by atoms with Gasteiger partial charge in [0.15, 0.2) is 11.4 Å². The van der Waals surface area contributed by atoms with E-state index in [4.69, 9.17) is 5.73 Å². The van der Waals surface area contributed by atoms with Crippen LogP contribution in [0.2, 0.25) is 0 Å². The highest BCUT2D eigenvalue weighted by Crippen LogP contribution is 2.54. The third-order valence-electron chi connectivity index (χ3n) is 8.93. The van der Waals surface area contributed by atoms with Crippen LogP contribution in [0.3, 0.4) is 0 Å². The number of aliphatic hydroxyl groups is 3. The molecule has 1 aromatic heterocycles. The van der Waals surface area contributed by atoms with E-state index in [1.54, 1.807) is 14.1 Å². The molecule has 3 aliphatic rings. The number of aryl methyl sites for hydroxylation is 1. The van der Waals surface area contributed by atoms with Crippen molar-refractivity contribution in [2.45, 2.75) is 37.6 Å². The summed E-state index contributed by atoms with van der Waals surface area (Å²) < 4.78 is 1.97. The van der Waals surface area contributed by atoms with E-state index >= 15 is 0 Å². The van der Waals surface area contributed by atoms with Gasteiger partial charge in [-0.15, -0.1) is 0 Å². The molecular weight excluding hydrogens is 542 g/mol. The van der Waals surface area contributed by atoms with Gasteiger partial charge in [0.1, 0.15) is 22.8 Å². The maximum atomic E-state index is 14.1. The summed E-state index contributed by atoms with van der Waals surface area (Å²) in [5.41, 5.74) is 4.69. The Kier molecular flexibility index (Phi) is 7.20. The average Bonchev–Trinajstić information content (AvgIpc) is 3.31. The molecule has 1 amide bonds. The number of nitrogens with one attached hydrogen (secondary N) is 1. The van der Waals surface area contributed by atoms with Crippen LogP contribution in [-0.2, 0) is 40.9 Å². The average molecular weight is 580 g/mol. The molecule has 0 radical (unpaired) electrons. The van der Waals surface area contributed by atoms with Gasteiger partial charge in [-0.25, -0.2) is 0 Å². The van der Waals surface area contributed by atoms with E-state index in [1.165, 1.54) is 4.90 Å². The number of nitrogens with two attached hydrogens (primary N) is 1. The number of carbonyl (C=O) groups is 3. The molecule has 0 spiro atoms. The second kappa shape index (κ2) is 10.3. The van der Waals surface area contributed by atoms with Crippen LogP contribution in [0, 0.1) is 11.8 Å². The number of aromatic hydroxyl groups is 1. The smallest absolute Gasteiger partial charge is 0.255 e. The molecule has 12 heteroatoms. The highest BCUT2D eigenvalue weighted by Gasteiger charge is 2.64. The largest absolute Gasteiger partial charge is 0.508 e. The molecule has 0 aliphatic heterocycles. The number of amides is 1. The fourth-order valence-corrected chi connectivity index (χ4v) is 6.89. The Morgan fingerprint density at radius 1 is 1.17 bits per heavy atom. The zero-order chi connectivity index (χ0) is 30.8. The van der Waals surface area contributed by atoms with E-state index in [9.17, 15) is 34.8 Å². The van der Waals surface area contributed by atoms with Gasteiger partial charge in [-0.05, 0) is 56.6 Å². The molecule has 0 saturated heterocycles. The number of primary amides is 1. The number of aliphatic hydroxyl groups excluding tert-OH is 2. The molecule has 224 valence electrons. The summed E-state index contributed by atoms with van der Waals surface area (Å²) in [7, 11) is 8.75. The number of phenolic OH excluding ortho intramolecular Hbond substituents is 1. The first-order valence-corrected chi connectivity index (χ1v) is 13.7. The van der Waals surface area contributed by atoms with Crippen molar-refractivity contribution in [3.05, 3.63) is 63.7 Å². The first kappa shape index (κ1) is 29.4. The van der Waals surface area contributed by atoms with Gasteiger partial charge in [0.25, 0.3) is 5.91 Å². The summed E-state index contributed by atoms with van der Waals surface area (Å²) in [6.07, 6.45) is 2.20. The van der Waals surface area contributed by atoms with Crippen molar-refractivity contribution in [2.24, 2.45) is 24.6 Å². The third-order valence-corrected chi connectivity index (χ3v) is 8.93. The van der Waals surface area contributed by atoms with Gasteiger partial charge in [0, 0.05) is 68.9 Å². The first-order valence-electron chi connectivity index (χ1n) is 13.7. The van der Waals surface area contributed by atoms with Crippen molar-refractivity contribution in [1.82, 2.24) is 14.8 Å². The zero-order valence-electron chi connectivity index (χ0n) is 24.3. The van der Waals surface area contributed by atoms with Gasteiger partial charge in [-0.3, -0.25) is 19.3 Å². The van der Waals surface area contributed by atoms with Gasteiger partial charge < -0.3 is 40.9 Å². The lowest BCUT2D eigenvalue weighted by atomic mass is 9.57. The van der Waals surface area contributed by atoms with Gasteiger partial charge in [0.2, 0.25) is 5.78 Å². The number of ketones is 2. The van der Waals surface area contributed by atoms with Crippen molar-refractivity contribution in [3.8, 4) is 5.75 Å². The molecule has 12 nitrogen and oxygen atoms in total. The number of anilines is 1. The SMILES string of the molecule is CN(C)c1cc(CNCc2cccn2C)c(O)c2c1C[C@@H]1C[C@@H]3[C@@H](N(C)C)C(=O)C(C(N)=O)=C(O)[C@]3(O)C(=O)C1=C2O. The normalized spacial score (nSPS) is 25.5. The van der Waals surface area contributed by atoms with Crippen LogP contribution in [0.25, 0.3) is 5.76 Å². The molecule has 2 aromatic rings. The molecule has 4 atom stereocenters. The number of hydrogen-bond donors (Lipinski definition) is 6. The maximum Gasteiger partial charge on any atom is 0.255 e. The van der Waals surface area contributed by atoms with Gasteiger partial charge in [-0.2, -0.15) is 0 Å². The molecule has 7 N–H and O–H groups in total. The fraction of sp³-hybridized carbons (Fsp3) is 0.433. The molecule has 1 heterocycles. The number of phenols is 1. The lowest BCUT2D eigenvalue weighted by Crippen LogP contribution is -2.65. The molecular formula is C30H37N5O7. The van der Waals surface area contributed by atoms with E-state index in [-0.39, 0.29) is 36.3 Å². The van der Waals surface area contributed by atoms with Crippen LogP contribution in [-0.4, -0.2) is 87.2 Å². The molecule has 5 rings (SSSR count). The van der Waals surface area contributed by atoms with Crippen LogP contribution < -0.4 is 16.0 Å². The second-order valence-electron chi connectivity index (χ2n) is 11.8. The van der Waals surface area contributed by atoms with Gasteiger partial charge in [0.05, 0.1) is 11.6 Å².